The third-order valence-electron chi connectivity index (χ3n) is 9.48. The van der Waals surface area contributed by atoms with Gasteiger partial charge in [0, 0.05) is 41.3 Å². The summed E-state index contributed by atoms with van der Waals surface area (Å²) in [4.78, 5) is 24.3. The number of esters is 1. The van der Waals surface area contributed by atoms with Crippen LogP contribution in [0.3, 0.4) is 0 Å². The van der Waals surface area contributed by atoms with Crippen molar-refractivity contribution >= 4 is 11.9 Å². The Morgan fingerprint density at radius 2 is 1.94 bits per heavy atom. The minimum atomic E-state index is -0.371. The van der Waals surface area contributed by atoms with Crippen LogP contribution in [0.2, 0.25) is 0 Å². The molecule has 5 atom stereocenters. The zero-order valence-corrected chi connectivity index (χ0v) is 20.1. The minimum absolute atomic E-state index is 0.0667. The molecule has 1 aromatic rings. The lowest BCUT2D eigenvalue weighted by atomic mass is 9.43. The first-order chi connectivity index (χ1) is 15.0. The Hall–Kier alpha value is -2.24. The van der Waals surface area contributed by atoms with Crippen molar-refractivity contribution in [1.29, 1.82) is 0 Å². The summed E-state index contributed by atoms with van der Waals surface area (Å²) in [6, 6.07) is 1.88. The molecule has 0 unspecified atom stereocenters. The van der Waals surface area contributed by atoms with Gasteiger partial charge in [0.25, 0.3) is 5.91 Å². The van der Waals surface area contributed by atoms with Gasteiger partial charge in [0.05, 0.1) is 12.7 Å². The second-order valence-electron chi connectivity index (χ2n) is 11.2. The summed E-state index contributed by atoms with van der Waals surface area (Å²) < 4.78 is 18.8. The molecular weight excluding hydrogens is 406 g/mol. The summed E-state index contributed by atoms with van der Waals surface area (Å²) in [6.45, 7) is 11.2. The van der Waals surface area contributed by atoms with E-state index >= 15 is 0 Å². The fourth-order valence-corrected chi connectivity index (χ4v) is 7.52. The van der Waals surface area contributed by atoms with Gasteiger partial charge < -0.3 is 19.5 Å². The maximum atomic E-state index is 12.5. The Balaban J connectivity index is 1.68. The molecule has 2 saturated carbocycles. The largest absolute Gasteiger partial charge is 0.496 e. The zero-order valence-electron chi connectivity index (χ0n) is 20.1. The molecule has 0 bridgehead atoms. The van der Waals surface area contributed by atoms with Crippen molar-refractivity contribution in [3.63, 3.8) is 0 Å². The third kappa shape index (κ3) is 2.64. The number of amides is 1. The molecule has 0 aromatic heterocycles. The topological polar surface area (TPSA) is 73.9 Å². The summed E-state index contributed by atoms with van der Waals surface area (Å²) in [7, 11) is 1.67. The van der Waals surface area contributed by atoms with Gasteiger partial charge in [-0.15, -0.1) is 0 Å². The number of hydrogen-bond donors (Lipinski definition) is 1. The number of benzene rings is 1. The van der Waals surface area contributed by atoms with E-state index in [0.717, 1.165) is 54.7 Å². The molecule has 2 aliphatic carbocycles. The molecule has 4 aliphatic rings. The molecule has 174 valence electrons. The van der Waals surface area contributed by atoms with Gasteiger partial charge in [-0.1, -0.05) is 27.7 Å². The van der Waals surface area contributed by atoms with Crippen LogP contribution in [0.25, 0.3) is 0 Å². The number of rotatable bonds is 2. The normalized spacial score (nSPS) is 36.6. The van der Waals surface area contributed by atoms with Gasteiger partial charge in [-0.2, -0.15) is 0 Å². The number of ether oxygens (including phenoxy) is 3. The highest BCUT2D eigenvalue weighted by atomic mass is 16.5. The van der Waals surface area contributed by atoms with E-state index in [2.05, 4.69) is 33.0 Å². The standard InChI is InChI=1S/C26H35NO5/c1-14-7-8-20-24(3,4)21(31-15(2)28)9-10-26(20)25(14,5)12-17-19(30-6)11-16-18(22(17)32-26)13-27-23(16)29/h11,14,20-21H,7-10,12-13H2,1-6H3,(H,27,29)/t14-,20-,21-,25+,26-/m0/s1. The average molecular weight is 442 g/mol. The van der Waals surface area contributed by atoms with E-state index < -0.39 is 0 Å². The first-order valence-corrected chi connectivity index (χ1v) is 11.9. The lowest BCUT2D eigenvalue weighted by Crippen LogP contribution is -2.70. The predicted octanol–water partition coefficient (Wildman–Crippen LogP) is 4.42. The fraction of sp³-hybridized carbons (Fsp3) is 0.692. The summed E-state index contributed by atoms with van der Waals surface area (Å²) in [5, 5.41) is 2.96. The van der Waals surface area contributed by atoms with E-state index in [1.54, 1.807) is 7.11 Å². The van der Waals surface area contributed by atoms with Gasteiger partial charge in [0.2, 0.25) is 0 Å². The van der Waals surface area contributed by atoms with E-state index in [0.29, 0.717) is 18.0 Å². The molecule has 0 radical (unpaired) electrons. The smallest absolute Gasteiger partial charge is 0.302 e. The van der Waals surface area contributed by atoms with Crippen LogP contribution in [-0.4, -0.2) is 30.7 Å². The highest BCUT2D eigenvalue weighted by molar-refractivity contribution is 6.00. The Bertz CT molecular complexity index is 1000. The van der Waals surface area contributed by atoms with Crippen molar-refractivity contribution < 1.29 is 23.8 Å². The second-order valence-corrected chi connectivity index (χ2v) is 11.2. The van der Waals surface area contributed by atoms with Crippen LogP contribution in [0, 0.1) is 22.7 Å². The molecule has 1 N–H and O–H groups in total. The van der Waals surface area contributed by atoms with Gasteiger partial charge in [-0.05, 0) is 44.1 Å². The Labute approximate surface area is 190 Å². The Morgan fingerprint density at radius 3 is 2.62 bits per heavy atom. The van der Waals surface area contributed by atoms with Crippen LogP contribution in [-0.2, 0) is 22.5 Å². The molecule has 0 saturated heterocycles. The van der Waals surface area contributed by atoms with E-state index in [-0.39, 0.29) is 40.3 Å². The lowest BCUT2D eigenvalue weighted by molar-refractivity contribution is -0.238. The minimum Gasteiger partial charge on any atom is -0.496 e. The number of carbonyl (C=O) groups excluding carboxylic acids is 2. The fourth-order valence-electron chi connectivity index (χ4n) is 7.52. The molecule has 2 aliphatic heterocycles. The number of carbonyl (C=O) groups is 2. The van der Waals surface area contributed by atoms with Crippen LogP contribution in [0.1, 0.15) is 81.8 Å². The summed E-state index contributed by atoms with van der Waals surface area (Å²) in [6.07, 6.45) is 4.53. The van der Waals surface area contributed by atoms with Crippen LogP contribution in [0.15, 0.2) is 6.07 Å². The van der Waals surface area contributed by atoms with Crippen molar-refractivity contribution in [3.8, 4) is 11.5 Å². The van der Waals surface area contributed by atoms with Crippen LogP contribution in [0.4, 0.5) is 0 Å². The van der Waals surface area contributed by atoms with Crippen molar-refractivity contribution in [2.45, 2.75) is 85.0 Å². The first kappa shape index (κ1) is 21.6. The average Bonchev–Trinajstić information content (AvgIpc) is 3.10. The zero-order chi connectivity index (χ0) is 23.1. The van der Waals surface area contributed by atoms with E-state index in [1.807, 2.05) is 6.07 Å². The number of methoxy groups -OCH3 is 1. The summed E-state index contributed by atoms with van der Waals surface area (Å²) >= 11 is 0. The third-order valence-corrected chi connectivity index (χ3v) is 9.48. The SMILES string of the molecule is COc1cc2c(c3c1C[C@]1(C)[C@@H](C)CC[C@H]4C(C)(C)[C@@H](OC(C)=O)CC[C@]41O3)CNC2=O. The maximum absolute atomic E-state index is 12.5. The molecule has 1 aromatic carbocycles. The van der Waals surface area contributed by atoms with Gasteiger partial charge in [-0.25, -0.2) is 0 Å². The highest BCUT2D eigenvalue weighted by Gasteiger charge is 2.68. The van der Waals surface area contributed by atoms with Gasteiger partial charge in [0.1, 0.15) is 23.2 Å². The molecular formula is C26H35NO5. The molecule has 2 fully saturated rings. The van der Waals surface area contributed by atoms with E-state index in [4.69, 9.17) is 14.2 Å². The molecule has 32 heavy (non-hydrogen) atoms. The van der Waals surface area contributed by atoms with Crippen LogP contribution in [0.5, 0.6) is 11.5 Å². The van der Waals surface area contributed by atoms with Crippen molar-refractivity contribution in [3.05, 3.63) is 22.8 Å². The molecule has 1 spiro atoms. The Morgan fingerprint density at radius 1 is 1.19 bits per heavy atom. The van der Waals surface area contributed by atoms with Crippen molar-refractivity contribution in [2.24, 2.45) is 22.7 Å². The molecule has 2 heterocycles. The lowest BCUT2D eigenvalue weighted by Gasteiger charge is -2.67. The number of hydrogen-bond acceptors (Lipinski definition) is 5. The van der Waals surface area contributed by atoms with E-state index in [9.17, 15) is 9.59 Å². The molecule has 5 rings (SSSR count). The maximum Gasteiger partial charge on any atom is 0.302 e. The van der Waals surface area contributed by atoms with Crippen LogP contribution >= 0.6 is 0 Å². The molecule has 6 nitrogen and oxygen atoms in total. The monoisotopic (exact) mass is 441 g/mol. The predicted molar refractivity (Wildman–Crippen MR) is 120 cm³/mol. The second kappa shape index (κ2) is 6.88. The van der Waals surface area contributed by atoms with Crippen molar-refractivity contribution in [2.75, 3.05) is 7.11 Å². The van der Waals surface area contributed by atoms with Crippen LogP contribution < -0.4 is 14.8 Å². The Kier molecular flexibility index (Phi) is 4.64. The summed E-state index contributed by atoms with van der Waals surface area (Å²) in [5.74, 6) is 2.03. The van der Waals surface area contributed by atoms with Gasteiger partial charge in [0.15, 0.2) is 0 Å². The number of fused-ring (bicyclic) bond motifs is 3. The number of nitrogens with one attached hydrogen (secondary N) is 1. The molecule has 6 heteroatoms. The van der Waals surface area contributed by atoms with Gasteiger partial charge in [-0.3, -0.25) is 9.59 Å². The summed E-state index contributed by atoms with van der Waals surface area (Å²) in [5.41, 5.74) is 2.04. The molecule has 1 amide bonds. The van der Waals surface area contributed by atoms with Crippen molar-refractivity contribution in [1.82, 2.24) is 5.32 Å². The highest BCUT2D eigenvalue weighted by Crippen LogP contribution is 2.67. The van der Waals surface area contributed by atoms with Gasteiger partial charge >= 0.3 is 5.97 Å². The van der Waals surface area contributed by atoms with E-state index in [1.165, 1.54) is 6.92 Å². The first-order valence-electron chi connectivity index (χ1n) is 11.9. The quantitative estimate of drug-likeness (QED) is 0.688.